The topological polar surface area (TPSA) is 46.6 Å². The molecule has 0 aliphatic carbocycles. The SMILES string of the molecule is CCSC1=C(c2ccc(OC)cc2)C(=O)N(c2ccc(F)c(Cl)c2)C1=O. The van der Waals surface area contributed by atoms with E-state index in [9.17, 15) is 14.0 Å². The number of halogens is 2. The first-order valence-electron chi connectivity index (χ1n) is 7.83. The fourth-order valence-corrected chi connectivity index (χ4v) is 3.69. The minimum atomic E-state index is -0.610. The van der Waals surface area contributed by atoms with Gasteiger partial charge in [0, 0.05) is 0 Å². The smallest absolute Gasteiger partial charge is 0.272 e. The van der Waals surface area contributed by atoms with E-state index >= 15 is 0 Å². The van der Waals surface area contributed by atoms with Crippen molar-refractivity contribution >= 4 is 46.4 Å². The molecule has 2 amide bonds. The normalized spacial score (nSPS) is 14.4. The molecule has 0 bridgehead atoms. The van der Waals surface area contributed by atoms with Crippen LogP contribution in [0.2, 0.25) is 5.02 Å². The van der Waals surface area contributed by atoms with E-state index < -0.39 is 17.6 Å². The first kappa shape index (κ1) is 18.5. The molecular formula is C19H15ClFNO3S. The van der Waals surface area contributed by atoms with E-state index in [1.807, 2.05) is 6.92 Å². The van der Waals surface area contributed by atoms with Gasteiger partial charge in [-0.2, -0.15) is 0 Å². The van der Waals surface area contributed by atoms with Crippen LogP contribution in [0, 0.1) is 5.82 Å². The van der Waals surface area contributed by atoms with Crippen LogP contribution in [0.1, 0.15) is 12.5 Å². The van der Waals surface area contributed by atoms with Crippen molar-refractivity contribution in [3.05, 3.63) is 63.8 Å². The molecule has 3 rings (SSSR count). The highest BCUT2D eigenvalue weighted by Gasteiger charge is 2.40. The van der Waals surface area contributed by atoms with Crippen LogP contribution in [0.3, 0.4) is 0 Å². The molecule has 0 saturated heterocycles. The largest absolute Gasteiger partial charge is 0.497 e. The molecule has 134 valence electrons. The molecule has 7 heteroatoms. The molecule has 0 unspecified atom stereocenters. The lowest BCUT2D eigenvalue weighted by Crippen LogP contribution is -2.31. The van der Waals surface area contributed by atoms with Crippen LogP contribution >= 0.6 is 23.4 Å². The van der Waals surface area contributed by atoms with E-state index in [2.05, 4.69) is 0 Å². The molecular weight excluding hydrogens is 377 g/mol. The summed E-state index contributed by atoms with van der Waals surface area (Å²) in [5.74, 6) is -0.223. The molecule has 1 aliphatic rings. The third-order valence-electron chi connectivity index (χ3n) is 3.87. The average molecular weight is 392 g/mol. The van der Waals surface area contributed by atoms with Crippen molar-refractivity contribution in [3.63, 3.8) is 0 Å². The first-order valence-corrected chi connectivity index (χ1v) is 9.19. The van der Waals surface area contributed by atoms with Gasteiger partial charge in [0.2, 0.25) is 0 Å². The van der Waals surface area contributed by atoms with E-state index in [0.29, 0.717) is 27.5 Å². The number of benzene rings is 2. The Bertz CT molecular complexity index is 912. The van der Waals surface area contributed by atoms with Crippen LogP contribution in [-0.4, -0.2) is 24.7 Å². The van der Waals surface area contributed by atoms with Crippen molar-refractivity contribution < 1.29 is 18.7 Å². The second-order valence-corrected chi connectivity index (χ2v) is 7.09. The van der Waals surface area contributed by atoms with Gasteiger partial charge < -0.3 is 4.74 Å². The number of hydrogen-bond acceptors (Lipinski definition) is 4. The number of thioether (sulfide) groups is 1. The van der Waals surface area contributed by atoms with E-state index in [1.54, 1.807) is 31.4 Å². The second kappa shape index (κ2) is 7.51. The number of rotatable bonds is 5. The molecule has 0 spiro atoms. The Labute approximate surface area is 159 Å². The molecule has 26 heavy (non-hydrogen) atoms. The zero-order chi connectivity index (χ0) is 18.8. The standard InChI is InChI=1S/C19H15ClFNO3S/c1-3-26-17-16(11-4-7-13(25-2)8-5-11)18(23)22(19(17)24)12-6-9-15(21)14(20)10-12/h4-10H,3H2,1-2H3. The lowest BCUT2D eigenvalue weighted by atomic mass is 10.1. The molecule has 0 radical (unpaired) electrons. The molecule has 0 N–H and O–H groups in total. The molecule has 0 saturated carbocycles. The fourth-order valence-electron chi connectivity index (χ4n) is 2.66. The van der Waals surface area contributed by atoms with Gasteiger partial charge in [-0.25, -0.2) is 9.29 Å². The van der Waals surface area contributed by atoms with Gasteiger partial charge in [0.05, 0.1) is 28.3 Å². The summed E-state index contributed by atoms with van der Waals surface area (Å²) in [4.78, 5) is 27.3. The number of imide groups is 1. The molecule has 2 aromatic rings. The predicted octanol–water partition coefficient (Wildman–Crippen LogP) is 4.53. The summed E-state index contributed by atoms with van der Waals surface area (Å²) < 4.78 is 18.6. The van der Waals surface area contributed by atoms with Crippen LogP contribution in [0.15, 0.2) is 47.4 Å². The number of hydrogen-bond donors (Lipinski definition) is 0. The maximum atomic E-state index is 13.4. The van der Waals surface area contributed by atoms with E-state index in [0.717, 1.165) is 11.0 Å². The summed E-state index contributed by atoms with van der Waals surface area (Å²) in [7, 11) is 1.55. The van der Waals surface area contributed by atoms with E-state index in [-0.39, 0.29) is 10.7 Å². The summed E-state index contributed by atoms with van der Waals surface area (Å²) in [5, 5.41) is -0.148. The Morgan fingerprint density at radius 2 is 1.81 bits per heavy atom. The Morgan fingerprint density at radius 1 is 1.12 bits per heavy atom. The quantitative estimate of drug-likeness (QED) is 0.703. The zero-order valence-electron chi connectivity index (χ0n) is 14.1. The van der Waals surface area contributed by atoms with Crippen LogP contribution in [0.25, 0.3) is 5.57 Å². The maximum absolute atomic E-state index is 13.4. The number of amides is 2. The predicted molar refractivity (Wildman–Crippen MR) is 102 cm³/mol. The highest BCUT2D eigenvalue weighted by molar-refractivity contribution is 8.04. The van der Waals surface area contributed by atoms with Gasteiger partial charge >= 0.3 is 0 Å². The van der Waals surface area contributed by atoms with E-state index in [4.69, 9.17) is 16.3 Å². The fraction of sp³-hybridized carbons (Fsp3) is 0.158. The lowest BCUT2D eigenvalue weighted by molar-refractivity contribution is -0.119. The van der Waals surface area contributed by atoms with Gasteiger partial charge in [-0.1, -0.05) is 30.7 Å². The number of ether oxygens (including phenoxy) is 1. The van der Waals surface area contributed by atoms with Crippen LogP contribution < -0.4 is 9.64 Å². The van der Waals surface area contributed by atoms with Crippen molar-refractivity contribution in [3.8, 4) is 5.75 Å². The summed E-state index contributed by atoms with van der Waals surface area (Å²) in [5.41, 5.74) is 1.19. The molecule has 1 heterocycles. The van der Waals surface area contributed by atoms with Crippen molar-refractivity contribution in [1.29, 1.82) is 0 Å². The van der Waals surface area contributed by atoms with Crippen molar-refractivity contribution in [2.75, 3.05) is 17.8 Å². The number of methoxy groups -OCH3 is 1. The average Bonchev–Trinajstić information content (AvgIpc) is 2.88. The highest BCUT2D eigenvalue weighted by Crippen LogP contribution is 2.39. The van der Waals surface area contributed by atoms with Crippen molar-refractivity contribution in [1.82, 2.24) is 0 Å². The summed E-state index contributed by atoms with van der Waals surface area (Å²) >= 11 is 7.11. The molecule has 0 fully saturated rings. The monoisotopic (exact) mass is 391 g/mol. The van der Waals surface area contributed by atoms with Gasteiger partial charge in [-0.05, 0) is 41.6 Å². The Morgan fingerprint density at radius 3 is 2.38 bits per heavy atom. The number of nitrogens with zero attached hydrogens (tertiary/aromatic N) is 1. The highest BCUT2D eigenvalue weighted by atomic mass is 35.5. The number of carbonyl (C=O) groups excluding carboxylic acids is 2. The molecule has 4 nitrogen and oxygen atoms in total. The van der Waals surface area contributed by atoms with E-state index in [1.165, 1.54) is 23.9 Å². The molecule has 0 aromatic heterocycles. The van der Waals surface area contributed by atoms with Gasteiger partial charge in [0.15, 0.2) is 0 Å². The van der Waals surface area contributed by atoms with Crippen molar-refractivity contribution in [2.45, 2.75) is 6.92 Å². The zero-order valence-corrected chi connectivity index (χ0v) is 15.7. The van der Waals surface area contributed by atoms with Gasteiger partial charge in [-0.15, -0.1) is 11.8 Å². The van der Waals surface area contributed by atoms with Crippen LogP contribution in [0.4, 0.5) is 10.1 Å². The third-order valence-corrected chi connectivity index (χ3v) is 5.12. The van der Waals surface area contributed by atoms with Gasteiger partial charge in [0.25, 0.3) is 11.8 Å². The Balaban J connectivity index is 2.07. The third kappa shape index (κ3) is 3.22. The molecule has 2 aromatic carbocycles. The lowest BCUT2D eigenvalue weighted by Gasteiger charge is -2.15. The number of anilines is 1. The minimum Gasteiger partial charge on any atom is -0.497 e. The first-order chi connectivity index (χ1) is 12.5. The maximum Gasteiger partial charge on any atom is 0.272 e. The van der Waals surface area contributed by atoms with Crippen LogP contribution in [-0.2, 0) is 9.59 Å². The molecule has 0 atom stereocenters. The second-order valence-electron chi connectivity index (χ2n) is 5.41. The molecule has 1 aliphatic heterocycles. The Kier molecular flexibility index (Phi) is 5.34. The van der Waals surface area contributed by atoms with Crippen molar-refractivity contribution in [2.24, 2.45) is 0 Å². The van der Waals surface area contributed by atoms with Gasteiger partial charge in [-0.3, -0.25) is 9.59 Å². The minimum absolute atomic E-state index is 0.148. The summed E-state index contributed by atoms with van der Waals surface area (Å²) in [6.07, 6.45) is 0. The number of carbonyl (C=O) groups is 2. The summed E-state index contributed by atoms with van der Waals surface area (Å²) in [6, 6.07) is 10.7. The Hall–Kier alpha value is -2.31. The van der Waals surface area contributed by atoms with Crippen LogP contribution in [0.5, 0.6) is 5.75 Å². The summed E-state index contributed by atoms with van der Waals surface area (Å²) in [6.45, 7) is 1.90. The van der Waals surface area contributed by atoms with Gasteiger partial charge in [0.1, 0.15) is 11.6 Å².